The average molecular weight is 406 g/mol. The van der Waals surface area contributed by atoms with Gasteiger partial charge < -0.3 is 5.32 Å². The van der Waals surface area contributed by atoms with Crippen molar-refractivity contribution in [3.05, 3.63) is 56.1 Å². The normalized spacial score (nSPS) is 10.4. The Morgan fingerprint density at radius 3 is 2.35 bits per heavy atom. The number of halogens is 4. The third-order valence-corrected chi connectivity index (χ3v) is 3.81. The number of rotatable bonds is 2. The Kier molecular flexibility index (Phi) is 4.49. The van der Waals surface area contributed by atoms with Crippen LogP contribution in [-0.2, 0) is 0 Å². The molecule has 3 nitrogen and oxygen atoms in total. The summed E-state index contributed by atoms with van der Waals surface area (Å²) in [7, 11) is 0. The van der Waals surface area contributed by atoms with Crippen LogP contribution in [0.2, 0.25) is 0 Å². The van der Waals surface area contributed by atoms with Crippen molar-refractivity contribution in [3.63, 3.8) is 0 Å². The first-order valence-electron chi connectivity index (χ1n) is 5.46. The van der Waals surface area contributed by atoms with E-state index in [1.165, 1.54) is 6.20 Å². The van der Waals surface area contributed by atoms with Gasteiger partial charge in [0.25, 0.3) is 5.91 Å². The van der Waals surface area contributed by atoms with Crippen molar-refractivity contribution in [1.82, 2.24) is 4.98 Å². The number of nitrogens with one attached hydrogen (secondary N) is 1. The lowest BCUT2D eigenvalue weighted by atomic mass is 10.2. The van der Waals surface area contributed by atoms with Crippen molar-refractivity contribution in [2.24, 2.45) is 0 Å². The number of carbonyl (C=O) groups excluding carboxylic acids is 1. The second kappa shape index (κ2) is 5.97. The molecule has 104 valence electrons. The minimum Gasteiger partial charge on any atom is -0.306 e. The smallest absolute Gasteiger partial charge is 0.262 e. The van der Waals surface area contributed by atoms with E-state index in [9.17, 15) is 13.6 Å². The SMILES string of the molecule is Cc1cc(NC(=O)c2c(F)cc(Br)cc2F)ncc1Br. The predicted molar refractivity (Wildman–Crippen MR) is 78.7 cm³/mol. The summed E-state index contributed by atoms with van der Waals surface area (Å²) in [5, 5.41) is 2.36. The number of aromatic nitrogens is 1. The molecular weight excluding hydrogens is 398 g/mol. The minimum absolute atomic E-state index is 0.220. The van der Waals surface area contributed by atoms with Gasteiger partial charge in [-0.15, -0.1) is 0 Å². The number of aryl methyl sites for hydroxylation is 1. The van der Waals surface area contributed by atoms with Crippen molar-refractivity contribution in [2.75, 3.05) is 5.32 Å². The molecule has 1 aromatic carbocycles. The van der Waals surface area contributed by atoms with Crippen molar-refractivity contribution >= 4 is 43.6 Å². The molecule has 0 saturated heterocycles. The summed E-state index contributed by atoms with van der Waals surface area (Å²) >= 11 is 6.22. The van der Waals surface area contributed by atoms with Gasteiger partial charge in [0.15, 0.2) is 0 Å². The number of nitrogens with zero attached hydrogens (tertiary/aromatic N) is 1. The first kappa shape index (κ1) is 15.1. The molecule has 0 aliphatic rings. The van der Waals surface area contributed by atoms with Gasteiger partial charge in [-0.1, -0.05) is 15.9 Å². The zero-order valence-corrected chi connectivity index (χ0v) is 13.3. The molecule has 0 aliphatic heterocycles. The maximum atomic E-state index is 13.6. The van der Waals surface area contributed by atoms with E-state index in [4.69, 9.17) is 0 Å². The van der Waals surface area contributed by atoms with E-state index in [1.54, 1.807) is 6.07 Å². The van der Waals surface area contributed by atoms with E-state index < -0.39 is 23.1 Å². The summed E-state index contributed by atoms with van der Waals surface area (Å²) in [6.45, 7) is 1.81. The van der Waals surface area contributed by atoms with Gasteiger partial charge in [-0.25, -0.2) is 13.8 Å². The van der Waals surface area contributed by atoms with E-state index >= 15 is 0 Å². The number of carbonyl (C=O) groups is 1. The standard InChI is InChI=1S/C13H8Br2F2N2O/c1-6-2-11(18-5-8(6)15)19-13(20)12-9(16)3-7(14)4-10(12)17/h2-5H,1H3,(H,18,19,20). The van der Waals surface area contributed by atoms with Gasteiger partial charge in [-0.2, -0.15) is 0 Å². The molecular formula is C13H8Br2F2N2O. The number of anilines is 1. The van der Waals surface area contributed by atoms with Gasteiger partial charge in [0.1, 0.15) is 23.0 Å². The van der Waals surface area contributed by atoms with Gasteiger partial charge >= 0.3 is 0 Å². The summed E-state index contributed by atoms with van der Waals surface area (Å²) in [6.07, 6.45) is 1.50. The van der Waals surface area contributed by atoms with Crippen molar-refractivity contribution in [2.45, 2.75) is 6.92 Å². The molecule has 0 saturated carbocycles. The van der Waals surface area contributed by atoms with Gasteiger partial charge in [-0.3, -0.25) is 4.79 Å². The van der Waals surface area contributed by atoms with E-state index in [-0.39, 0.29) is 10.3 Å². The fraction of sp³-hybridized carbons (Fsp3) is 0.0769. The topological polar surface area (TPSA) is 42.0 Å². The average Bonchev–Trinajstić information content (AvgIpc) is 2.32. The minimum atomic E-state index is -0.941. The first-order chi connectivity index (χ1) is 9.38. The summed E-state index contributed by atoms with van der Waals surface area (Å²) < 4.78 is 28.3. The summed E-state index contributed by atoms with van der Waals surface area (Å²) in [6, 6.07) is 3.65. The number of pyridine rings is 1. The Hall–Kier alpha value is -1.34. The Labute approximate surface area is 130 Å². The van der Waals surface area contributed by atoms with Crippen LogP contribution in [0.5, 0.6) is 0 Å². The van der Waals surface area contributed by atoms with Crippen LogP contribution >= 0.6 is 31.9 Å². The quantitative estimate of drug-likeness (QED) is 0.802. The highest BCUT2D eigenvalue weighted by Crippen LogP contribution is 2.21. The van der Waals surface area contributed by atoms with Crippen molar-refractivity contribution in [1.29, 1.82) is 0 Å². The highest BCUT2D eigenvalue weighted by Gasteiger charge is 2.19. The van der Waals surface area contributed by atoms with Crippen LogP contribution in [0.4, 0.5) is 14.6 Å². The first-order valence-corrected chi connectivity index (χ1v) is 7.05. The predicted octanol–water partition coefficient (Wildman–Crippen LogP) is 4.45. The third-order valence-electron chi connectivity index (χ3n) is 2.52. The lowest BCUT2D eigenvalue weighted by Gasteiger charge is -2.08. The fourth-order valence-electron chi connectivity index (χ4n) is 1.55. The molecule has 2 rings (SSSR count). The summed E-state index contributed by atoms with van der Waals surface area (Å²) in [5.41, 5.74) is 0.197. The number of amides is 1. The molecule has 1 aromatic heterocycles. The molecule has 7 heteroatoms. The molecule has 0 spiro atoms. The molecule has 0 radical (unpaired) electrons. The second-order valence-corrected chi connectivity index (χ2v) is 5.79. The Bertz CT molecular complexity index is 669. The summed E-state index contributed by atoms with van der Waals surface area (Å²) in [5.74, 6) is -2.55. The van der Waals surface area contributed by atoms with E-state index in [1.807, 2.05) is 6.92 Å². The van der Waals surface area contributed by atoms with Crippen LogP contribution in [0.3, 0.4) is 0 Å². The molecule has 0 aliphatic carbocycles. The fourth-order valence-corrected chi connectivity index (χ4v) is 2.16. The maximum absolute atomic E-state index is 13.6. The number of hydrogen-bond acceptors (Lipinski definition) is 2. The van der Waals surface area contributed by atoms with E-state index in [0.717, 1.165) is 22.2 Å². The molecule has 1 amide bonds. The largest absolute Gasteiger partial charge is 0.306 e. The number of benzene rings is 1. The highest BCUT2D eigenvalue weighted by atomic mass is 79.9. The van der Waals surface area contributed by atoms with Gasteiger partial charge in [0, 0.05) is 15.1 Å². The van der Waals surface area contributed by atoms with Crippen LogP contribution in [0.15, 0.2) is 33.3 Å². The third kappa shape index (κ3) is 3.21. The molecule has 0 unspecified atom stereocenters. The van der Waals surface area contributed by atoms with Crippen molar-refractivity contribution < 1.29 is 13.6 Å². The van der Waals surface area contributed by atoms with E-state index in [2.05, 4.69) is 42.2 Å². The monoisotopic (exact) mass is 404 g/mol. The maximum Gasteiger partial charge on any atom is 0.262 e. The zero-order valence-electron chi connectivity index (χ0n) is 10.2. The molecule has 1 heterocycles. The molecule has 0 bridgehead atoms. The van der Waals surface area contributed by atoms with Gasteiger partial charge in [0.05, 0.1) is 0 Å². The zero-order chi connectivity index (χ0) is 14.9. The van der Waals surface area contributed by atoms with E-state index in [0.29, 0.717) is 0 Å². The van der Waals surface area contributed by atoms with Crippen LogP contribution < -0.4 is 5.32 Å². The van der Waals surface area contributed by atoms with Gasteiger partial charge in [-0.05, 0) is 46.6 Å². The Balaban J connectivity index is 2.31. The molecule has 0 atom stereocenters. The van der Waals surface area contributed by atoms with Crippen LogP contribution in [0, 0.1) is 18.6 Å². The second-order valence-electron chi connectivity index (χ2n) is 4.02. The Morgan fingerprint density at radius 2 is 1.80 bits per heavy atom. The Morgan fingerprint density at radius 1 is 1.20 bits per heavy atom. The van der Waals surface area contributed by atoms with Crippen LogP contribution in [0.1, 0.15) is 15.9 Å². The van der Waals surface area contributed by atoms with Crippen molar-refractivity contribution in [3.8, 4) is 0 Å². The molecule has 0 fully saturated rings. The lowest BCUT2D eigenvalue weighted by molar-refractivity contribution is 0.101. The van der Waals surface area contributed by atoms with Crippen LogP contribution in [-0.4, -0.2) is 10.9 Å². The number of hydrogen-bond donors (Lipinski definition) is 1. The highest BCUT2D eigenvalue weighted by molar-refractivity contribution is 9.10. The van der Waals surface area contributed by atoms with Gasteiger partial charge in [0.2, 0.25) is 0 Å². The molecule has 20 heavy (non-hydrogen) atoms. The molecule has 2 aromatic rings. The summed E-state index contributed by atoms with van der Waals surface area (Å²) in [4.78, 5) is 15.9. The van der Waals surface area contributed by atoms with Crippen LogP contribution in [0.25, 0.3) is 0 Å². The molecule has 1 N–H and O–H groups in total. The lowest BCUT2D eigenvalue weighted by Crippen LogP contribution is -2.16.